The van der Waals surface area contributed by atoms with Crippen molar-refractivity contribution in [1.29, 1.82) is 0 Å². The van der Waals surface area contributed by atoms with Crippen LogP contribution in [0, 0.1) is 0 Å². The van der Waals surface area contributed by atoms with Crippen molar-refractivity contribution in [2.75, 3.05) is 19.0 Å². The summed E-state index contributed by atoms with van der Waals surface area (Å²) >= 11 is 1.45. The first-order valence-corrected chi connectivity index (χ1v) is 6.50. The highest BCUT2D eigenvalue weighted by Crippen LogP contribution is 2.21. The highest BCUT2D eigenvalue weighted by atomic mass is 32.2. The molecule has 6 heteroatoms. The zero-order valence-electron chi connectivity index (χ0n) is 10.0. The summed E-state index contributed by atoms with van der Waals surface area (Å²) in [5, 5.41) is 0. The molecule has 0 aliphatic carbocycles. The van der Waals surface area contributed by atoms with Gasteiger partial charge in [-0.25, -0.2) is 0 Å². The van der Waals surface area contributed by atoms with Crippen LogP contribution in [0.15, 0.2) is 29.2 Å². The molecule has 2 nitrogen and oxygen atoms in total. The van der Waals surface area contributed by atoms with Gasteiger partial charge in [0.05, 0.1) is 6.61 Å². The Morgan fingerprint density at radius 1 is 1.39 bits per heavy atom. The van der Waals surface area contributed by atoms with E-state index < -0.39 is 12.8 Å². The van der Waals surface area contributed by atoms with Gasteiger partial charge < -0.3 is 10.5 Å². The molecule has 0 radical (unpaired) electrons. The molecule has 0 heterocycles. The van der Waals surface area contributed by atoms with Crippen LogP contribution in [-0.4, -0.2) is 25.1 Å². The van der Waals surface area contributed by atoms with Crippen LogP contribution >= 0.6 is 11.8 Å². The first-order chi connectivity index (χ1) is 8.38. The van der Waals surface area contributed by atoms with Crippen LogP contribution in [0.25, 0.3) is 0 Å². The normalized spacial score (nSPS) is 13.6. The summed E-state index contributed by atoms with van der Waals surface area (Å²) in [6.45, 7) is 0.774. The summed E-state index contributed by atoms with van der Waals surface area (Å²) in [5.41, 5.74) is 6.76. The molecule has 0 aromatic heterocycles. The molecule has 1 rings (SSSR count). The van der Waals surface area contributed by atoms with E-state index >= 15 is 0 Å². The second-order valence-corrected chi connectivity index (χ2v) is 5.05. The zero-order chi connectivity index (χ0) is 13.6. The summed E-state index contributed by atoms with van der Waals surface area (Å²) in [6.07, 6.45) is -4.25. The molecule has 0 aliphatic heterocycles. The average Bonchev–Trinajstić information content (AvgIpc) is 2.27. The van der Waals surface area contributed by atoms with E-state index in [-0.39, 0.29) is 12.6 Å². The first kappa shape index (κ1) is 15.3. The monoisotopic (exact) mass is 279 g/mol. The fraction of sp³-hybridized carbons (Fsp3) is 0.500. The molecular weight excluding hydrogens is 263 g/mol. The molecule has 0 saturated carbocycles. The van der Waals surface area contributed by atoms with Crippen molar-refractivity contribution in [3.8, 4) is 0 Å². The number of ether oxygens (including phenoxy) is 1. The molecule has 1 aromatic carbocycles. The molecule has 102 valence electrons. The quantitative estimate of drug-likeness (QED) is 0.640. The van der Waals surface area contributed by atoms with E-state index in [0.29, 0.717) is 5.75 Å². The van der Waals surface area contributed by atoms with Gasteiger partial charge in [0, 0.05) is 16.7 Å². The molecule has 1 atom stereocenters. The number of alkyl halides is 3. The van der Waals surface area contributed by atoms with Crippen molar-refractivity contribution in [2.24, 2.45) is 5.73 Å². The van der Waals surface area contributed by atoms with Gasteiger partial charge in [-0.05, 0) is 24.6 Å². The molecule has 18 heavy (non-hydrogen) atoms. The van der Waals surface area contributed by atoms with E-state index in [9.17, 15) is 13.2 Å². The van der Waals surface area contributed by atoms with Gasteiger partial charge in [0.2, 0.25) is 0 Å². The van der Waals surface area contributed by atoms with Crippen molar-refractivity contribution in [2.45, 2.75) is 24.0 Å². The second-order valence-electron chi connectivity index (χ2n) is 3.88. The summed E-state index contributed by atoms with van der Waals surface area (Å²) < 4.78 is 39.9. The number of hydrogen-bond acceptors (Lipinski definition) is 3. The lowest BCUT2D eigenvalue weighted by Gasteiger charge is -2.09. The lowest BCUT2D eigenvalue weighted by molar-refractivity contribution is -0.172. The maximum Gasteiger partial charge on any atom is 0.411 e. The van der Waals surface area contributed by atoms with Crippen LogP contribution in [0.5, 0.6) is 0 Å². The predicted molar refractivity (Wildman–Crippen MR) is 66.6 cm³/mol. The van der Waals surface area contributed by atoms with E-state index in [1.807, 2.05) is 31.2 Å². The number of halogens is 3. The molecule has 0 aliphatic rings. The van der Waals surface area contributed by atoms with Crippen LogP contribution < -0.4 is 5.73 Å². The molecule has 0 saturated heterocycles. The van der Waals surface area contributed by atoms with Crippen LogP contribution in [0.3, 0.4) is 0 Å². The van der Waals surface area contributed by atoms with Crippen molar-refractivity contribution in [3.63, 3.8) is 0 Å². The van der Waals surface area contributed by atoms with Crippen LogP contribution in [0.4, 0.5) is 13.2 Å². The van der Waals surface area contributed by atoms with Gasteiger partial charge in [-0.3, -0.25) is 0 Å². The molecule has 2 N–H and O–H groups in total. The maximum absolute atomic E-state index is 11.8. The minimum absolute atomic E-state index is 0.0490. The van der Waals surface area contributed by atoms with Gasteiger partial charge in [-0.1, -0.05) is 12.1 Å². The molecule has 0 fully saturated rings. The SMILES string of the molecule is CC(N)c1cccc(SCCOCC(F)(F)F)c1. The molecular formula is C12H16F3NOS. The summed E-state index contributed by atoms with van der Waals surface area (Å²) in [4.78, 5) is 0.986. The van der Waals surface area contributed by atoms with E-state index in [4.69, 9.17) is 5.73 Å². The van der Waals surface area contributed by atoms with Gasteiger partial charge in [0.15, 0.2) is 0 Å². The third-order valence-electron chi connectivity index (χ3n) is 2.15. The predicted octanol–water partition coefficient (Wildman–Crippen LogP) is 3.38. The molecule has 1 unspecified atom stereocenters. The van der Waals surface area contributed by atoms with Crippen molar-refractivity contribution < 1.29 is 17.9 Å². The highest BCUT2D eigenvalue weighted by Gasteiger charge is 2.27. The second kappa shape index (κ2) is 7.01. The van der Waals surface area contributed by atoms with Crippen molar-refractivity contribution in [3.05, 3.63) is 29.8 Å². The van der Waals surface area contributed by atoms with Gasteiger partial charge in [0.25, 0.3) is 0 Å². The van der Waals surface area contributed by atoms with Crippen LogP contribution in [0.1, 0.15) is 18.5 Å². The fourth-order valence-corrected chi connectivity index (χ4v) is 2.12. The number of benzene rings is 1. The van der Waals surface area contributed by atoms with Crippen molar-refractivity contribution >= 4 is 11.8 Å². The lowest BCUT2D eigenvalue weighted by atomic mass is 10.1. The Labute approximate surface area is 109 Å². The lowest BCUT2D eigenvalue weighted by Crippen LogP contribution is -2.17. The average molecular weight is 279 g/mol. The molecule has 0 amide bonds. The zero-order valence-corrected chi connectivity index (χ0v) is 10.9. The molecule has 0 bridgehead atoms. The van der Waals surface area contributed by atoms with E-state index in [1.54, 1.807) is 0 Å². The Bertz CT molecular complexity index is 369. The minimum Gasteiger partial charge on any atom is -0.371 e. The van der Waals surface area contributed by atoms with Crippen LogP contribution in [-0.2, 0) is 4.74 Å². The smallest absolute Gasteiger partial charge is 0.371 e. The Hall–Kier alpha value is -0.720. The Morgan fingerprint density at radius 2 is 2.11 bits per heavy atom. The molecule has 0 spiro atoms. The third-order valence-corrected chi connectivity index (χ3v) is 3.10. The van der Waals surface area contributed by atoms with E-state index in [0.717, 1.165) is 10.5 Å². The summed E-state index contributed by atoms with van der Waals surface area (Å²) in [6, 6.07) is 7.61. The van der Waals surface area contributed by atoms with Crippen molar-refractivity contribution in [1.82, 2.24) is 0 Å². The van der Waals surface area contributed by atoms with E-state index in [2.05, 4.69) is 4.74 Å². The molecule has 1 aromatic rings. The summed E-state index contributed by atoms with van der Waals surface area (Å²) in [5.74, 6) is 0.485. The maximum atomic E-state index is 11.8. The summed E-state index contributed by atoms with van der Waals surface area (Å²) in [7, 11) is 0. The Morgan fingerprint density at radius 3 is 2.72 bits per heavy atom. The number of nitrogens with two attached hydrogens (primary N) is 1. The number of thioether (sulfide) groups is 1. The van der Waals surface area contributed by atoms with Gasteiger partial charge in [0.1, 0.15) is 6.61 Å². The third kappa shape index (κ3) is 6.28. The van der Waals surface area contributed by atoms with Crippen LogP contribution in [0.2, 0.25) is 0 Å². The van der Waals surface area contributed by atoms with Gasteiger partial charge in [-0.2, -0.15) is 13.2 Å². The number of rotatable bonds is 6. The largest absolute Gasteiger partial charge is 0.411 e. The fourth-order valence-electron chi connectivity index (χ4n) is 1.29. The van der Waals surface area contributed by atoms with Gasteiger partial charge in [-0.15, -0.1) is 11.8 Å². The first-order valence-electron chi connectivity index (χ1n) is 5.51. The minimum atomic E-state index is -4.25. The topological polar surface area (TPSA) is 35.2 Å². The Balaban J connectivity index is 2.29. The standard InChI is InChI=1S/C12H16F3NOS/c1-9(16)10-3-2-4-11(7-10)18-6-5-17-8-12(13,14)15/h2-4,7,9H,5-6,8,16H2,1H3. The van der Waals surface area contributed by atoms with Gasteiger partial charge >= 0.3 is 6.18 Å². The highest BCUT2D eigenvalue weighted by molar-refractivity contribution is 7.99. The Kier molecular flexibility index (Phi) is 5.98. The van der Waals surface area contributed by atoms with E-state index in [1.165, 1.54) is 11.8 Å². The number of hydrogen-bond donors (Lipinski definition) is 1.